The van der Waals surface area contributed by atoms with Gasteiger partial charge in [-0.25, -0.2) is 19.3 Å². The molecule has 3 N–H and O–H groups in total. The monoisotopic (exact) mass is 527 g/mol. The number of esters is 1. The second kappa shape index (κ2) is 10.0. The van der Waals surface area contributed by atoms with E-state index in [-0.39, 0.29) is 18.7 Å². The summed E-state index contributed by atoms with van der Waals surface area (Å²) in [7, 11) is 0. The predicted molar refractivity (Wildman–Crippen MR) is 142 cm³/mol. The number of carbonyl (C=O) groups is 1. The van der Waals surface area contributed by atoms with E-state index in [2.05, 4.69) is 15.3 Å². The summed E-state index contributed by atoms with van der Waals surface area (Å²) in [6.45, 7) is 0. The average molecular weight is 528 g/mol. The average Bonchev–Trinajstić information content (AvgIpc) is 3.55. The fraction of sp³-hybridized carbons (Fsp3) is 0.241. The molecule has 1 aliphatic carbocycles. The molecule has 9 nitrogen and oxygen atoms in total. The van der Waals surface area contributed by atoms with Gasteiger partial charge in [0.2, 0.25) is 5.95 Å². The second-order valence-electron chi connectivity index (χ2n) is 9.76. The quantitative estimate of drug-likeness (QED) is 0.302. The van der Waals surface area contributed by atoms with Crippen LogP contribution in [0.4, 0.5) is 16.0 Å². The van der Waals surface area contributed by atoms with E-state index in [1.54, 1.807) is 41.2 Å². The van der Waals surface area contributed by atoms with Crippen LogP contribution in [0.5, 0.6) is 0 Å². The Bertz CT molecular complexity index is 1530. The van der Waals surface area contributed by atoms with Crippen molar-refractivity contribution in [3.8, 4) is 22.6 Å². The van der Waals surface area contributed by atoms with Crippen molar-refractivity contribution in [1.29, 1.82) is 0 Å². The Hall–Kier alpha value is -4.41. The molecule has 10 heteroatoms. The van der Waals surface area contributed by atoms with Gasteiger partial charge in [-0.2, -0.15) is 0 Å². The van der Waals surface area contributed by atoms with Gasteiger partial charge in [0.15, 0.2) is 0 Å². The highest BCUT2D eigenvalue weighted by molar-refractivity contribution is 5.80. The van der Waals surface area contributed by atoms with Gasteiger partial charge < -0.3 is 24.8 Å². The largest absolute Gasteiger partial charge is 0.458 e. The summed E-state index contributed by atoms with van der Waals surface area (Å²) >= 11 is 0. The van der Waals surface area contributed by atoms with Crippen molar-refractivity contribution in [2.75, 3.05) is 5.32 Å². The molecule has 0 unspecified atom stereocenters. The highest BCUT2D eigenvalue weighted by atomic mass is 19.1. The third-order valence-corrected chi connectivity index (χ3v) is 6.74. The Labute approximate surface area is 223 Å². The number of aliphatic hydroxyl groups excluding tert-OH is 1. The molecule has 198 valence electrons. The van der Waals surface area contributed by atoms with E-state index in [1.165, 1.54) is 12.1 Å². The predicted octanol–water partition coefficient (Wildman–Crippen LogP) is 4.41. The van der Waals surface area contributed by atoms with Crippen LogP contribution in [0.25, 0.3) is 28.8 Å². The lowest BCUT2D eigenvalue weighted by molar-refractivity contribution is -0.156. The zero-order valence-corrected chi connectivity index (χ0v) is 20.9. The summed E-state index contributed by atoms with van der Waals surface area (Å²) < 4.78 is 21.0. The lowest BCUT2D eigenvalue weighted by Crippen LogP contribution is -2.31. The molecule has 1 saturated heterocycles. The van der Waals surface area contributed by atoms with Crippen molar-refractivity contribution >= 4 is 23.8 Å². The zero-order chi connectivity index (χ0) is 27.0. The van der Waals surface area contributed by atoms with Crippen molar-refractivity contribution in [2.24, 2.45) is 0 Å². The van der Waals surface area contributed by atoms with Gasteiger partial charge >= 0.3 is 5.97 Å². The lowest BCUT2D eigenvalue weighted by Gasteiger charge is -2.23. The molecule has 39 heavy (non-hydrogen) atoms. The summed E-state index contributed by atoms with van der Waals surface area (Å²) in [4.78, 5) is 25.7. The molecule has 2 aromatic heterocycles. The maximum Gasteiger partial charge on any atom is 0.309 e. The Morgan fingerprint density at radius 2 is 1.85 bits per heavy atom. The minimum atomic E-state index is -1.14. The molecular formula is C29H26FN5O4. The summed E-state index contributed by atoms with van der Waals surface area (Å²) in [6, 6.07) is 17.2. The number of nitrogens with one attached hydrogen (secondary N) is 1. The maximum atomic E-state index is 13.9. The van der Waals surface area contributed by atoms with Crippen LogP contribution in [0.3, 0.4) is 0 Å². The van der Waals surface area contributed by atoms with Gasteiger partial charge in [-0.3, -0.25) is 4.79 Å². The molecule has 1 saturated carbocycles. The first-order chi connectivity index (χ1) is 18.9. The van der Waals surface area contributed by atoms with Gasteiger partial charge in [-0.1, -0.05) is 18.2 Å². The summed E-state index contributed by atoms with van der Waals surface area (Å²) in [5.41, 5.74) is 1.88. The van der Waals surface area contributed by atoms with E-state index in [4.69, 9.17) is 9.72 Å². The third kappa shape index (κ3) is 5.29. The smallest absolute Gasteiger partial charge is 0.309 e. The van der Waals surface area contributed by atoms with Crippen molar-refractivity contribution in [3.63, 3.8) is 0 Å². The molecular weight excluding hydrogens is 501 g/mol. The number of aromatic nitrogens is 4. The fourth-order valence-corrected chi connectivity index (χ4v) is 4.62. The highest BCUT2D eigenvalue weighted by Gasteiger charge is 2.47. The van der Waals surface area contributed by atoms with Crippen LogP contribution in [0, 0.1) is 5.82 Å². The van der Waals surface area contributed by atoms with Gasteiger partial charge in [0.05, 0.1) is 23.9 Å². The van der Waals surface area contributed by atoms with E-state index in [9.17, 15) is 19.4 Å². The van der Waals surface area contributed by atoms with Crippen LogP contribution in [0.2, 0.25) is 0 Å². The number of anilines is 2. The molecule has 2 aliphatic rings. The minimum Gasteiger partial charge on any atom is -0.458 e. The minimum absolute atomic E-state index is 0.0432. The topological polar surface area (TPSA) is 122 Å². The number of imidazole rings is 1. The Kier molecular flexibility index (Phi) is 6.41. The summed E-state index contributed by atoms with van der Waals surface area (Å²) in [6.07, 6.45) is 4.80. The molecule has 4 aromatic rings. The molecule has 1 aliphatic heterocycles. The van der Waals surface area contributed by atoms with Crippen LogP contribution in [0.15, 0.2) is 72.9 Å². The fourth-order valence-electron chi connectivity index (χ4n) is 4.62. The molecule has 2 fully saturated rings. The third-order valence-electron chi connectivity index (χ3n) is 6.74. The van der Waals surface area contributed by atoms with Crippen molar-refractivity contribution in [2.45, 2.75) is 43.5 Å². The first-order valence-electron chi connectivity index (χ1n) is 12.7. The Morgan fingerprint density at radius 3 is 2.56 bits per heavy atom. The van der Waals surface area contributed by atoms with Crippen molar-refractivity contribution in [3.05, 3.63) is 84.6 Å². The number of para-hydroxylation sites is 1. The van der Waals surface area contributed by atoms with Gasteiger partial charge in [-0.15, -0.1) is 0 Å². The molecule has 0 bridgehead atoms. The van der Waals surface area contributed by atoms with Crippen molar-refractivity contribution < 1.29 is 24.1 Å². The van der Waals surface area contributed by atoms with Crippen LogP contribution in [-0.2, 0) is 15.1 Å². The van der Waals surface area contributed by atoms with Gasteiger partial charge in [0.25, 0.3) is 0 Å². The Balaban J connectivity index is 1.47. The lowest BCUT2D eigenvalue weighted by atomic mass is 10.1. The van der Waals surface area contributed by atoms with Gasteiger partial charge in [0, 0.05) is 30.1 Å². The Morgan fingerprint density at radius 1 is 1.08 bits per heavy atom. The normalized spacial score (nSPS) is 20.1. The van der Waals surface area contributed by atoms with Crippen LogP contribution in [-0.4, -0.2) is 47.9 Å². The number of hydrogen-bond acceptors (Lipinski definition) is 8. The van der Waals surface area contributed by atoms with E-state index in [0.717, 1.165) is 5.69 Å². The highest BCUT2D eigenvalue weighted by Crippen LogP contribution is 2.47. The van der Waals surface area contributed by atoms with Crippen LogP contribution in [0.1, 0.15) is 31.5 Å². The maximum absolute atomic E-state index is 13.9. The van der Waals surface area contributed by atoms with E-state index >= 15 is 0 Å². The molecule has 6 rings (SSSR count). The number of hydrogen-bond donors (Lipinski definition) is 3. The molecule has 0 radical (unpaired) electrons. The van der Waals surface area contributed by atoms with Crippen LogP contribution < -0.4 is 5.32 Å². The first kappa shape index (κ1) is 24.9. The molecule has 2 aromatic carbocycles. The second-order valence-corrected chi connectivity index (χ2v) is 9.76. The number of benzene rings is 2. The van der Waals surface area contributed by atoms with Gasteiger partial charge in [0.1, 0.15) is 29.0 Å². The zero-order valence-electron chi connectivity index (χ0n) is 20.9. The standard InChI is InChI=1S/C29H26FN5O4/c30-19-8-6-18(7-9-19)26-25(23-10-14-31-28(33-23)32-20-4-2-1-3-5-20)34-27(29(38)12-13-29)35(26)15-11-22-16-21(36)17-24(37)39-22/h1-11,14-15,21-22,36,38H,12-13,16-17H2,(H,31,32,33)/b15-11+/t21-,22+/m1/s1. The van der Waals surface area contributed by atoms with E-state index in [0.29, 0.717) is 47.3 Å². The number of nitrogens with zero attached hydrogens (tertiary/aromatic N) is 4. The summed E-state index contributed by atoms with van der Waals surface area (Å²) in [5.74, 6) is -0.105. The number of rotatable bonds is 7. The molecule has 0 amide bonds. The van der Waals surface area contributed by atoms with Crippen LogP contribution >= 0.6 is 0 Å². The first-order valence-corrected chi connectivity index (χ1v) is 12.7. The number of halogens is 1. The van der Waals surface area contributed by atoms with E-state index in [1.807, 2.05) is 30.3 Å². The molecule has 0 spiro atoms. The van der Waals surface area contributed by atoms with Gasteiger partial charge in [-0.05, 0) is 61.4 Å². The van der Waals surface area contributed by atoms with E-state index < -0.39 is 23.8 Å². The number of aliphatic hydroxyl groups is 2. The number of cyclic esters (lactones) is 1. The number of ether oxygens (including phenoxy) is 1. The molecule has 2 atom stereocenters. The van der Waals surface area contributed by atoms with Crippen molar-refractivity contribution in [1.82, 2.24) is 19.5 Å². The summed E-state index contributed by atoms with van der Waals surface area (Å²) in [5, 5.41) is 24.4. The SMILES string of the molecule is O=C1C[C@H](O)C[C@H](/C=C/n2c(C3(O)CC3)nc(-c3ccnc(Nc4ccccc4)n3)c2-c2ccc(F)cc2)O1. The number of carbonyl (C=O) groups excluding carboxylic acids is 1. The molecule has 3 heterocycles.